The molecule has 0 aliphatic carbocycles. The fourth-order valence-electron chi connectivity index (χ4n) is 1.25. The number of halogens is 5. The van der Waals surface area contributed by atoms with Crippen molar-refractivity contribution in [2.24, 2.45) is 0 Å². The van der Waals surface area contributed by atoms with Crippen LogP contribution in [0.2, 0.25) is 0 Å². The molecule has 1 N–H and O–H groups in total. The van der Waals surface area contributed by atoms with Crippen LogP contribution in [0.15, 0.2) is 12.1 Å². The minimum Gasteiger partial charge on any atom is -0.425 e. The van der Waals surface area contributed by atoms with Crippen molar-refractivity contribution in [2.75, 3.05) is 5.32 Å². The van der Waals surface area contributed by atoms with Crippen molar-refractivity contribution >= 4 is 17.3 Å². The maximum Gasteiger partial charge on any atom is 0.461 e. The van der Waals surface area contributed by atoms with Gasteiger partial charge in [-0.15, -0.1) is 0 Å². The summed E-state index contributed by atoms with van der Waals surface area (Å²) in [5.74, 6) is -3.81. The van der Waals surface area contributed by atoms with Crippen LogP contribution in [0, 0.1) is 15.9 Å². The Morgan fingerprint density at radius 1 is 1.43 bits per heavy atom. The number of amides is 1. The summed E-state index contributed by atoms with van der Waals surface area (Å²) in [6, 6.07) is 0.493. The highest BCUT2D eigenvalue weighted by atomic mass is 19.3. The number of carbonyl (C=O) groups excluding carboxylic acids is 1. The molecule has 0 saturated heterocycles. The van der Waals surface area contributed by atoms with E-state index in [-0.39, 0.29) is 6.07 Å². The van der Waals surface area contributed by atoms with E-state index in [4.69, 9.17) is 0 Å². The quantitative estimate of drug-likeness (QED) is 0.515. The molecule has 0 saturated carbocycles. The summed E-state index contributed by atoms with van der Waals surface area (Å²) in [7, 11) is 0. The standard InChI is InChI=1S/C10H7F5N2O4/c1-4(18)16-6-2-5(11)8(3-7(6)17(19)20)21-10(14,15)9(12)13/h2-3,9H,1H3,(H,16,18). The second-order valence-corrected chi connectivity index (χ2v) is 3.70. The SMILES string of the molecule is CC(=O)Nc1cc(F)c(OC(F)(F)C(F)F)cc1[N+](=O)[O-]. The predicted octanol–water partition coefficient (Wildman–Crippen LogP) is 2.93. The van der Waals surface area contributed by atoms with Crippen molar-refractivity contribution in [3.8, 4) is 5.75 Å². The van der Waals surface area contributed by atoms with Gasteiger partial charge in [-0.2, -0.15) is 17.6 Å². The smallest absolute Gasteiger partial charge is 0.425 e. The largest absolute Gasteiger partial charge is 0.461 e. The van der Waals surface area contributed by atoms with Gasteiger partial charge in [0.1, 0.15) is 5.69 Å². The van der Waals surface area contributed by atoms with Gasteiger partial charge in [0.15, 0.2) is 11.6 Å². The number of ether oxygens (including phenoxy) is 1. The molecule has 0 aliphatic rings. The number of hydrogen-bond acceptors (Lipinski definition) is 4. The Morgan fingerprint density at radius 3 is 2.43 bits per heavy atom. The average Bonchev–Trinajstić information content (AvgIpc) is 2.30. The molecule has 1 aromatic carbocycles. The Morgan fingerprint density at radius 2 is 2.00 bits per heavy atom. The van der Waals surface area contributed by atoms with E-state index >= 15 is 0 Å². The zero-order valence-corrected chi connectivity index (χ0v) is 10.2. The topological polar surface area (TPSA) is 81.5 Å². The number of hydrogen-bond donors (Lipinski definition) is 1. The summed E-state index contributed by atoms with van der Waals surface area (Å²) in [6.45, 7) is 0.969. The van der Waals surface area contributed by atoms with E-state index in [2.05, 4.69) is 4.74 Å². The van der Waals surface area contributed by atoms with Crippen LogP contribution in [0.4, 0.5) is 33.3 Å². The minimum absolute atomic E-state index is 0.177. The monoisotopic (exact) mass is 314 g/mol. The van der Waals surface area contributed by atoms with E-state index < -0.39 is 46.3 Å². The third-order valence-corrected chi connectivity index (χ3v) is 2.06. The van der Waals surface area contributed by atoms with Crippen LogP contribution in [0.5, 0.6) is 5.75 Å². The van der Waals surface area contributed by atoms with Gasteiger partial charge < -0.3 is 10.1 Å². The van der Waals surface area contributed by atoms with Crippen molar-refractivity contribution in [2.45, 2.75) is 19.5 Å². The van der Waals surface area contributed by atoms with Gasteiger partial charge in [-0.1, -0.05) is 0 Å². The van der Waals surface area contributed by atoms with E-state index in [0.29, 0.717) is 6.07 Å². The lowest BCUT2D eigenvalue weighted by molar-refractivity contribution is -0.384. The van der Waals surface area contributed by atoms with Gasteiger partial charge in [0.2, 0.25) is 5.91 Å². The van der Waals surface area contributed by atoms with Crippen LogP contribution in [-0.2, 0) is 4.79 Å². The Balaban J connectivity index is 3.27. The van der Waals surface area contributed by atoms with Crippen molar-refractivity contribution in [3.05, 3.63) is 28.1 Å². The zero-order chi connectivity index (χ0) is 16.4. The molecule has 11 heteroatoms. The summed E-state index contributed by atoms with van der Waals surface area (Å²) in [4.78, 5) is 20.4. The van der Waals surface area contributed by atoms with E-state index in [9.17, 15) is 36.9 Å². The molecule has 0 bridgehead atoms. The molecule has 116 valence electrons. The molecule has 0 aliphatic heterocycles. The third kappa shape index (κ3) is 4.00. The first-order chi connectivity index (χ1) is 9.54. The van der Waals surface area contributed by atoms with Gasteiger partial charge in [-0.05, 0) is 0 Å². The lowest BCUT2D eigenvalue weighted by atomic mass is 10.2. The maximum absolute atomic E-state index is 13.5. The number of rotatable bonds is 5. The lowest BCUT2D eigenvalue weighted by Gasteiger charge is -2.17. The van der Waals surface area contributed by atoms with Crippen LogP contribution < -0.4 is 10.1 Å². The highest BCUT2D eigenvalue weighted by molar-refractivity contribution is 5.91. The molecule has 1 rings (SSSR count). The first-order valence-corrected chi connectivity index (χ1v) is 5.15. The Bertz CT molecular complexity index is 579. The first kappa shape index (κ1) is 16.6. The molecule has 1 amide bonds. The molecular formula is C10H7F5N2O4. The molecule has 0 heterocycles. The summed E-state index contributed by atoms with van der Waals surface area (Å²) in [5.41, 5.74) is -1.62. The number of carbonyl (C=O) groups is 1. The van der Waals surface area contributed by atoms with Crippen molar-refractivity contribution in [3.63, 3.8) is 0 Å². The summed E-state index contributed by atoms with van der Waals surface area (Å²) in [6.07, 6.45) is -9.28. The minimum atomic E-state index is -5.02. The van der Waals surface area contributed by atoms with E-state index in [1.54, 1.807) is 0 Å². The highest BCUT2D eigenvalue weighted by Gasteiger charge is 2.45. The molecule has 0 fully saturated rings. The average molecular weight is 314 g/mol. The van der Waals surface area contributed by atoms with E-state index in [1.165, 1.54) is 0 Å². The number of nitrogens with one attached hydrogen (secondary N) is 1. The molecule has 0 atom stereocenters. The number of anilines is 1. The maximum atomic E-state index is 13.5. The summed E-state index contributed by atoms with van der Waals surface area (Å²) < 4.78 is 66.2. The highest BCUT2D eigenvalue weighted by Crippen LogP contribution is 2.35. The molecule has 6 nitrogen and oxygen atoms in total. The number of nitro groups is 1. The number of nitrogens with zero attached hydrogens (tertiary/aromatic N) is 1. The van der Waals surface area contributed by atoms with Crippen LogP contribution in [0.1, 0.15) is 6.92 Å². The van der Waals surface area contributed by atoms with Crippen LogP contribution in [0.3, 0.4) is 0 Å². The molecule has 21 heavy (non-hydrogen) atoms. The molecule has 0 radical (unpaired) electrons. The first-order valence-electron chi connectivity index (χ1n) is 5.15. The Kier molecular flexibility index (Phi) is 4.66. The third-order valence-electron chi connectivity index (χ3n) is 2.06. The number of nitro benzene ring substituents is 1. The Labute approximate surface area is 113 Å². The fourth-order valence-corrected chi connectivity index (χ4v) is 1.25. The van der Waals surface area contributed by atoms with Crippen molar-refractivity contribution in [1.82, 2.24) is 0 Å². The molecular weight excluding hydrogens is 307 g/mol. The van der Waals surface area contributed by atoms with Crippen LogP contribution >= 0.6 is 0 Å². The normalized spacial score (nSPS) is 11.4. The Hall–Kier alpha value is -2.46. The number of alkyl halides is 4. The van der Waals surface area contributed by atoms with Crippen LogP contribution in [-0.4, -0.2) is 23.4 Å². The van der Waals surface area contributed by atoms with Gasteiger partial charge in [0.25, 0.3) is 5.69 Å². The van der Waals surface area contributed by atoms with Gasteiger partial charge in [-0.3, -0.25) is 14.9 Å². The van der Waals surface area contributed by atoms with Gasteiger partial charge in [0, 0.05) is 13.0 Å². The molecule has 1 aromatic rings. The second kappa shape index (κ2) is 5.89. The number of benzene rings is 1. The molecule has 0 aromatic heterocycles. The van der Waals surface area contributed by atoms with Gasteiger partial charge in [-0.25, -0.2) is 4.39 Å². The molecule has 0 unspecified atom stereocenters. The summed E-state index contributed by atoms with van der Waals surface area (Å²) >= 11 is 0. The fraction of sp³-hybridized carbons (Fsp3) is 0.300. The van der Waals surface area contributed by atoms with Crippen molar-refractivity contribution < 1.29 is 36.4 Å². The van der Waals surface area contributed by atoms with E-state index in [1.807, 2.05) is 5.32 Å². The van der Waals surface area contributed by atoms with Crippen LogP contribution in [0.25, 0.3) is 0 Å². The van der Waals surface area contributed by atoms with E-state index in [0.717, 1.165) is 6.92 Å². The second-order valence-electron chi connectivity index (χ2n) is 3.70. The van der Waals surface area contributed by atoms with Gasteiger partial charge in [0.05, 0.1) is 11.0 Å². The predicted molar refractivity (Wildman–Crippen MR) is 58.9 cm³/mol. The molecule has 0 spiro atoms. The van der Waals surface area contributed by atoms with Gasteiger partial charge >= 0.3 is 12.5 Å². The van der Waals surface area contributed by atoms with Crippen molar-refractivity contribution in [1.29, 1.82) is 0 Å². The summed E-state index contributed by atoms with van der Waals surface area (Å²) in [5, 5.41) is 12.6. The lowest BCUT2D eigenvalue weighted by Crippen LogP contribution is -2.33. The zero-order valence-electron chi connectivity index (χ0n) is 10.2.